The molecule has 0 aliphatic rings. The third-order valence-corrected chi connectivity index (χ3v) is 3.33. The van der Waals surface area contributed by atoms with E-state index in [0.717, 1.165) is 23.0 Å². The topological polar surface area (TPSA) is 53.4 Å². The van der Waals surface area contributed by atoms with E-state index in [-0.39, 0.29) is 5.69 Å². The van der Waals surface area contributed by atoms with Gasteiger partial charge in [0.15, 0.2) is 10.8 Å². The van der Waals surface area contributed by atoms with Gasteiger partial charge in [-0.1, -0.05) is 6.92 Å². The van der Waals surface area contributed by atoms with E-state index in [1.807, 2.05) is 0 Å². The van der Waals surface area contributed by atoms with Gasteiger partial charge in [-0.25, -0.2) is 9.78 Å². The maximum absolute atomic E-state index is 10.9. The molecule has 1 heterocycles. The molecule has 1 aromatic heterocycles. The van der Waals surface area contributed by atoms with Gasteiger partial charge in [0.25, 0.3) is 0 Å². The zero-order chi connectivity index (χ0) is 12.3. The summed E-state index contributed by atoms with van der Waals surface area (Å²) in [6, 6.07) is 0.340. The maximum atomic E-state index is 10.9. The molecule has 0 unspecified atom stereocenters. The van der Waals surface area contributed by atoms with E-state index < -0.39 is 5.97 Å². The summed E-state index contributed by atoms with van der Waals surface area (Å²) in [7, 11) is 0. The molecule has 1 rings (SSSR count). The summed E-state index contributed by atoms with van der Waals surface area (Å²) in [4.78, 5) is 18.0. The van der Waals surface area contributed by atoms with Gasteiger partial charge in [-0.15, -0.1) is 11.3 Å². The van der Waals surface area contributed by atoms with Gasteiger partial charge >= 0.3 is 5.97 Å². The third-order valence-electron chi connectivity index (χ3n) is 2.32. The molecular formula is C11H18N2O2S. The summed E-state index contributed by atoms with van der Waals surface area (Å²) in [5.74, 6) is -0.944. The maximum Gasteiger partial charge on any atom is 0.355 e. The van der Waals surface area contributed by atoms with Crippen LogP contribution in [0, 0.1) is 6.92 Å². The first kappa shape index (κ1) is 13.0. The Morgan fingerprint density at radius 3 is 2.56 bits per heavy atom. The lowest BCUT2D eigenvalue weighted by molar-refractivity contribution is 0.0690. The van der Waals surface area contributed by atoms with E-state index in [9.17, 15) is 4.79 Å². The second-order valence-corrected chi connectivity index (χ2v) is 5.18. The summed E-state index contributed by atoms with van der Waals surface area (Å²) < 4.78 is 0. The van der Waals surface area contributed by atoms with Crippen molar-refractivity contribution >= 4 is 22.4 Å². The fourth-order valence-electron chi connectivity index (χ4n) is 1.52. The highest BCUT2D eigenvalue weighted by Gasteiger charge is 2.19. The second-order valence-electron chi connectivity index (χ2n) is 3.99. The van der Waals surface area contributed by atoms with Crippen molar-refractivity contribution in [2.24, 2.45) is 0 Å². The molecule has 1 aromatic rings. The quantitative estimate of drug-likeness (QED) is 0.862. The minimum Gasteiger partial charge on any atom is -0.476 e. The number of aromatic carboxylic acids is 1. The smallest absolute Gasteiger partial charge is 0.355 e. The number of aromatic nitrogens is 1. The highest BCUT2D eigenvalue weighted by molar-refractivity contribution is 7.15. The van der Waals surface area contributed by atoms with Crippen LogP contribution in [0.3, 0.4) is 0 Å². The monoisotopic (exact) mass is 242 g/mol. The lowest BCUT2D eigenvalue weighted by Crippen LogP contribution is -2.31. The normalized spacial score (nSPS) is 10.8. The number of hydrogen-bond acceptors (Lipinski definition) is 4. The van der Waals surface area contributed by atoms with Crippen LogP contribution in [0.15, 0.2) is 0 Å². The molecule has 0 amide bonds. The van der Waals surface area contributed by atoms with Crippen LogP contribution in [0.2, 0.25) is 0 Å². The molecule has 1 N–H and O–H groups in total. The van der Waals surface area contributed by atoms with Crippen molar-refractivity contribution < 1.29 is 9.90 Å². The molecule has 0 spiro atoms. The molecule has 0 aliphatic carbocycles. The first-order chi connectivity index (χ1) is 7.47. The Bertz CT molecular complexity index is 374. The predicted octanol–water partition coefficient (Wildman–Crippen LogP) is 2.77. The molecule has 0 fully saturated rings. The summed E-state index contributed by atoms with van der Waals surface area (Å²) in [6.07, 6.45) is 1.03. The highest BCUT2D eigenvalue weighted by Crippen LogP contribution is 2.27. The van der Waals surface area contributed by atoms with Crippen LogP contribution in [-0.4, -0.2) is 28.6 Å². The van der Waals surface area contributed by atoms with Crippen LogP contribution < -0.4 is 4.90 Å². The Hall–Kier alpha value is -1.10. The van der Waals surface area contributed by atoms with Crippen LogP contribution in [0.1, 0.15) is 42.6 Å². The Morgan fingerprint density at radius 2 is 2.19 bits per heavy atom. The Kier molecular flexibility index (Phi) is 4.29. The fourth-order valence-corrected chi connectivity index (χ4v) is 2.58. The number of hydrogen-bond donors (Lipinski definition) is 1. The summed E-state index contributed by atoms with van der Waals surface area (Å²) in [5.41, 5.74) is 0.182. The van der Waals surface area contributed by atoms with Gasteiger partial charge in [-0.3, -0.25) is 0 Å². The van der Waals surface area contributed by atoms with Crippen LogP contribution in [0.5, 0.6) is 0 Å². The number of carboxylic acids is 1. The van der Waals surface area contributed by atoms with Crippen LogP contribution in [0.4, 0.5) is 5.13 Å². The number of nitrogens with zero attached hydrogens (tertiary/aromatic N) is 2. The number of aryl methyl sites for hydroxylation is 1. The minimum absolute atomic E-state index is 0.182. The van der Waals surface area contributed by atoms with Crippen LogP contribution >= 0.6 is 11.3 Å². The Labute approximate surface area is 99.9 Å². The SMILES string of the molecule is CCCN(c1nc(C(=O)O)c(C)s1)C(C)C. The van der Waals surface area contributed by atoms with E-state index in [2.05, 4.69) is 30.7 Å². The first-order valence-corrected chi connectivity index (χ1v) is 6.26. The highest BCUT2D eigenvalue weighted by atomic mass is 32.1. The van der Waals surface area contributed by atoms with Crippen molar-refractivity contribution in [2.45, 2.75) is 40.2 Å². The molecule has 0 saturated heterocycles. The summed E-state index contributed by atoms with van der Waals surface area (Å²) >= 11 is 1.45. The van der Waals surface area contributed by atoms with Gasteiger partial charge in [0, 0.05) is 17.5 Å². The van der Waals surface area contributed by atoms with E-state index in [1.165, 1.54) is 11.3 Å². The lowest BCUT2D eigenvalue weighted by Gasteiger charge is -2.25. The number of carbonyl (C=O) groups is 1. The van der Waals surface area contributed by atoms with Crippen molar-refractivity contribution in [1.82, 2.24) is 4.98 Å². The standard InChI is InChI=1S/C11H18N2O2S/c1-5-6-13(7(2)3)11-12-9(10(14)15)8(4)16-11/h7H,5-6H2,1-4H3,(H,14,15). The van der Waals surface area contributed by atoms with Gasteiger partial charge in [0.05, 0.1) is 0 Å². The Morgan fingerprint density at radius 1 is 1.56 bits per heavy atom. The van der Waals surface area contributed by atoms with Gasteiger partial charge < -0.3 is 10.0 Å². The second kappa shape index (κ2) is 5.30. The molecule has 4 nitrogen and oxygen atoms in total. The van der Waals surface area contributed by atoms with Crippen molar-refractivity contribution in [1.29, 1.82) is 0 Å². The number of carboxylic acid groups (broad SMARTS) is 1. The Balaban J connectivity index is 3.01. The van der Waals surface area contributed by atoms with Gasteiger partial charge in [-0.05, 0) is 27.2 Å². The fraction of sp³-hybridized carbons (Fsp3) is 0.636. The molecular weight excluding hydrogens is 224 g/mol. The van der Waals surface area contributed by atoms with Crippen molar-refractivity contribution in [3.05, 3.63) is 10.6 Å². The zero-order valence-electron chi connectivity index (χ0n) is 10.1. The molecule has 0 saturated carbocycles. The van der Waals surface area contributed by atoms with E-state index in [4.69, 9.17) is 5.11 Å². The van der Waals surface area contributed by atoms with E-state index in [1.54, 1.807) is 6.92 Å². The molecule has 16 heavy (non-hydrogen) atoms. The summed E-state index contributed by atoms with van der Waals surface area (Å²) in [5, 5.41) is 9.77. The minimum atomic E-state index is -0.944. The van der Waals surface area contributed by atoms with E-state index in [0.29, 0.717) is 6.04 Å². The first-order valence-electron chi connectivity index (χ1n) is 5.44. The van der Waals surface area contributed by atoms with Crippen molar-refractivity contribution in [2.75, 3.05) is 11.4 Å². The molecule has 0 atom stereocenters. The number of thiazole rings is 1. The van der Waals surface area contributed by atoms with Gasteiger partial charge in [-0.2, -0.15) is 0 Å². The number of anilines is 1. The molecule has 5 heteroatoms. The predicted molar refractivity (Wildman–Crippen MR) is 66.6 cm³/mol. The average Bonchev–Trinajstić information content (AvgIpc) is 2.56. The van der Waals surface area contributed by atoms with Gasteiger partial charge in [0.2, 0.25) is 0 Å². The average molecular weight is 242 g/mol. The van der Waals surface area contributed by atoms with Gasteiger partial charge in [0.1, 0.15) is 0 Å². The third kappa shape index (κ3) is 2.72. The van der Waals surface area contributed by atoms with Crippen LogP contribution in [-0.2, 0) is 0 Å². The summed E-state index contributed by atoms with van der Waals surface area (Å²) in [6.45, 7) is 8.99. The molecule has 0 bridgehead atoms. The van der Waals surface area contributed by atoms with Crippen molar-refractivity contribution in [3.8, 4) is 0 Å². The molecule has 0 radical (unpaired) electrons. The largest absolute Gasteiger partial charge is 0.476 e. The van der Waals surface area contributed by atoms with E-state index >= 15 is 0 Å². The zero-order valence-corrected chi connectivity index (χ0v) is 11.0. The number of rotatable bonds is 5. The van der Waals surface area contributed by atoms with Crippen molar-refractivity contribution in [3.63, 3.8) is 0 Å². The molecule has 0 aromatic carbocycles. The molecule has 90 valence electrons. The molecule has 0 aliphatic heterocycles. The van der Waals surface area contributed by atoms with Crippen LogP contribution in [0.25, 0.3) is 0 Å². The lowest BCUT2D eigenvalue weighted by atomic mass is 10.3.